The number of nitrogens with one attached hydrogen (secondary N) is 1. The molecule has 3 aromatic rings. The number of hydrogen-bond donors (Lipinski definition) is 1. The largest absolute Gasteiger partial charge is 0.371 e. The van der Waals surface area contributed by atoms with Crippen molar-refractivity contribution in [3.05, 3.63) is 100 Å². The van der Waals surface area contributed by atoms with Crippen LogP contribution in [0.3, 0.4) is 0 Å². The molecule has 2 aliphatic heterocycles. The van der Waals surface area contributed by atoms with Gasteiger partial charge in [-0.2, -0.15) is 0 Å². The molecule has 3 amide bonds. The Balaban J connectivity index is 1.16. The summed E-state index contributed by atoms with van der Waals surface area (Å²) in [5.74, 6) is -0.459. The van der Waals surface area contributed by atoms with E-state index in [1.807, 2.05) is 66.7 Å². The molecule has 1 N–H and O–H groups in total. The molecule has 0 unspecified atom stereocenters. The second-order valence-electron chi connectivity index (χ2n) is 10.1. The Morgan fingerprint density at radius 1 is 0.811 bits per heavy atom. The van der Waals surface area contributed by atoms with Gasteiger partial charge in [0.2, 0.25) is 5.91 Å². The van der Waals surface area contributed by atoms with Crippen LogP contribution >= 0.6 is 11.6 Å². The Kier molecular flexibility index (Phi) is 6.21. The first-order chi connectivity index (χ1) is 18.0. The minimum Gasteiger partial charge on any atom is -0.371 e. The summed E-state index contributed by atoms with van der Waals surface area (Å²) in [5.41, 5.74) is 3.82. The Hall–Kier alpha value is -3.64. The zero-order chi connectivity index (χ0) is 25.5. The first-order valence-electron chi connectivity index (χ1n) is 12.9. The van der Waals surface area contributed by atoms with Crippen molar-refractivity contribution in [2.24, 2.45) is 5.92 Å². The van der Waals surface area contributed by atoms with Crippen molar-refractivity contribution in [2.75, 3.05) is 18.0 Å². The van der Waals surface area contributed by atoms with Gasteiger partial charge in [-0.1, -0.05) is 60.1 Å². The maximum absolute atomic E-state index is 13.4. The van der Waals surface area contributed by atoms with Gasteiger partial charge in [0.25, 0.3) is 11.8 Å². The maximum atomic E-state index is 13.4. The summed E-state index contributed by atoms with van der Waals surface area (Å²) >= 11 is 6.10. The Labute approximate surface area is 221 Å². The second-order valence-corrected chi connectivity index (χ2v) is 10.5. The molecule has 6 nitrogen and oxygen atoms in total. The average molecular weight is 514 g/mol. The van der Waals surface area contributed by atoms with Crippen LogP contribution in [-0.2, 0) is 4.79 Å². The van der Waals surface area contributed by atoms with Crippen LogP contribution < -0.4 is 10.2 Å². The third-order valence-electron chi connectivity index (χ3n) is 7.67. The molecular weight excluding hydrogens is 486 g/mol. The van der Waals surface area contributed by atoms with Gasteiger partial charge in [0.1, 0.15) is 0 Å². The molecule has 0 radical (unpaired) electrons. The predicted molar refractivity (Wildman–Crippen MR) is 143 cm³/mol. The number of fused-ring (bicyclic) bond motifs is 1. The van der Waals surface area contributed by atoms with E-state index in [1.54, 1.807) is 6.07 Å². The van der Waals surface area contributed by atoms with Crippen LogP contribution in [0.1, 0.15) is 63.6 Å². The van der Waals surface area contributed by atoms with Gasteiger partial charge in [-0.3, -0.25) is 19.3 Å². The van der Waals surface area contributed by atoms with Crippen molar-refractivity contribution in [2.45, 2.75) is 37.8 Å². The molecule has 0 aromatic heterocycles. The fourth-order valence-corrected chi connectivity index (χ4v) is 5.64. The number of hydrogen-bond acceptors (Lipinski definition) is 4. The number of anilines is 1. The normalized spacial score (nSPS) is 18.6. The summed E-state index contributed by atoms with van der Waals surface area (Å²) in [6.07, 6.45) is 3.13. The Bertz CT molecular complexity index is 1350. The van der Waals surface area contributed by atoms with Crippen molar-refractivity contribution < 1.29 is 14.4 Å². The Morgan fingerprint density at radius 2 is 1.49 bits per heavy atom. The highest BCUT2D eigenvalue weighted by atomic mass is 35.5. The molecular formula is C30H28ClN3O3. The number of carbonyl (C=O) groups excluding carboxylic acids is 3. The highest BCUT2D eigenvalue weighted by Gasteiger charge is 2.46. The summed E-state index contributed by atoms with van der Waals surface area (Å²) in [6, 6.07) is 22.8. The summed E-state index contributed by atoms with van der Waals surface area (Å²) in [7, 11) is 0. The van der Waals surface area contributed by atoms with Gasteiger partial charge in [0.05, 0.1) is 22.9 Å². The van der Waals surface area contributed by atoms with E-state index in [0.29, 0.717) is 42.1 Å². The SMILES string of the molecule is O=C(N[C@H](c1ccccc1)c1ccc(Cl)cc1)C1CCN(c2cccc3c2C(=O)N(C2CC2)C3=O)CC1. The van der Waals surface area contributed by atoms with E-state index >= 15 is 0 Å². The van der Waals surface area contributed by atoms with Crippen molar-refractivity contribution in [1.82, 2.24) is 10.2 Å². The zero-order valence-electron chi connectivity index (χ0n) is 20.4. The van der Waals surface area contributed by atoms with Crippen LogP contribution in [0.25, 0.3) is 0 Å². The van der Waals surface area contributed by atoms with Gasteiger partial charge in [-0.15, -0.1) is 0 Å². The lowest BCUT2D eigenvalue weighted by Crippen LogP contribution is -2.42. The number of rotatable bonds is 6. The maximum Gasteiger partial charge on any atom is 0.263 e. The molecule has 2 fully saturated rings. The third kappa shape index (κ3) is 4.51. The van der Waals surface area contributed by atoms with Crippen molar-refractivity contribution in [1.29, 1.82) is 0 Å². The number of halogens is 1. The molecule has 2 heterocycles. The molecule has 7 heteroatoms. The molecule has 1 saturated carbocycles. The molecule has 37 heavy (non-hydrogen) atoms. The number of nitrogens with zero attached hydrogens (tertiary/aromatic N) is 2. The molecule has 1 atom stereocenters. The monoisotopic (exact) mass is 513 g/mol. The van der Waals surface area contributed by atoms with E-state index in [0.717, 1.165) is 29.7 Å². The molecule has 6 rings (SSSR count). The van der Waals surface area contributed by atoms with Gasteiger partial charge in [0.15, 0.2) is 0 Å². The molecule has 0 spiro atoms. The van der Waals surface area contributed by atoms with E-state index in [1.165, 1.54) is 4.90 Å². The molecule has 3 aromatic carbocycles. The fourth-order valence-electron chi connectivity index (χ4n) is 5.52. The number of carbonyl (C=O) groups is 3. The first-order valence-corrected chi connectivity index (χ1v) is 13.3. The van der Waals surface area contributed by atoms with Gasteiger partial charge in [-0.05, 0) is 61.1 Å². The highest BCUT2D eigenvalue weighted by molar-refractivity contribution is 6.30. The summed E-state index contributed by atoms with van der Waals surface area (Å²) in [4.78, 5) is 43.0. The lowest BCUT2D eigenvalue weighted by molar-refractivity contribution is -0.126. The average Bonchev–Trinajstić information content (AvgIpc) is 3.73. The van der Waals surface area contributed by atoms with Crippen molar-refractivity contribution in [3.63, 3.8) is 0 Å². The zero-order valence-corrected chi connectivity index (χ0v) is 21.2. The van der Waals surface area contributed by atoms with Gasteiger partial charge < -0.3 is 10.2 Å². The number of imide groups is 1. The molecule has 0 bridgehead atoms. The fraction of sp³-hybridized carbons (Fsp3) is 0.300. The smallest absolute Gasteiger partial charge is 0.263 e. The summed E-state index contributed by atoms with van der Waals surface area (Å²) in [6.45, 7) is 1.30. The molecule has 188 valence electrons. The van der Waals surface area contributed by atoms with Crippen LogP contribution in [0.4, 0.5) is 5.69 Å². The van der Waals surface area contributed by atoms with Gasteiger partial charge in [-0.25, -0.2) is 0 Å². The lowest BCUT2D eigenvalue weighted by Gasteiger charge is -2.34. The minimum atomic E-state index is -0.265. The first kappa shape index (κ1) is 23.7. The number of piperidine rings is 1. The number of benzene rings is 3. The molecule has 1 saturated heterocycles. The number of amides is 3. The van der Waals surface area contributed by atoms with E-state index in [-0.39, 0.29) is 35.7 Å². The van der Waals surface area contributed by atoms with Gasteiger partial charge in [0, 0.05) is 30.1 Å². The standard InChI is InChI=1S/C30H28ClN3O3/c31-22-11-9-20(10-12-22)27(19-5-2-1-3-6-19)32-28(35)21-15-17-33(18-16-21)25-8-4-7-24-26(25)30(37)34(29(24)36)23-13-14-23/h1-12,21,23,27H,13-18H2,(H,32,35)/t27-/m1/s1. The molecule has 3 aliphatic rings. The summed E-state index contributed by atoms with van der Waals surface area (Å²) < 4.78 is 0. The highest BCUT2D eigenvalue weighted by Crippen LogP contribution is 2.39. The topological polar surface area (TPSA) is 69.7 Å². The molecule has 1 aliphatic carbocycles. The van der Waals surface area contributed by atoms with Crippen molar-refractivity contribution in [3.8, 4) is 0 Å². The van der Waals surface area contributed by atoms with Crippen LogP contribution in [0.5, 0.6) is 0 Å². The van der Waals surface area contributed by atoms with E-state index in [9.17, 15) is 14.4 Å². The van der Waals surface area contributed by atoms with Crippen molar-refractivity contribution >= 4 is 35.0 Å². The Morgan fingerprint density at radius 3 is 2.16 bits per heavy atom. The third-order valence-corrected chi connectivity index (χ3v) is 7.92. The van der Waals surface area contributed by atoms with Gasteiger partial charge >= 0.3 is 0 Å². The van der Waals surface area contributed by atoms with Crippen LogP contribution in [0.15, 0.2) is 72.8 Å². The van der Waals surface area contributed by atoms with E-state index in [4.69, 9.17) is 11.6 Å². The van der Waals surface area contributed by atoms with E-state index < -0.39 is 0 Å². The second kappa shape index (κ2) is 9.67. The van der Waals surface area contributed by atoms with Crippen LogP contribution in [0, 0.1) is 5.92 Å². The summed E-state index contributed by atoms with van der Waals surface area (Å²) in [5, 5.41) is 3.92. The van der Waals surface area contributed by atoms with Crippen LogP contribution in [-0.4, -0.2) is 41.8 Å². The quantitative estimate of drug-likeness (QED) is 0.459. The predicted octanol–water partition coefficient (Wildman–Crippen LogP) is 5.22. The minimum absolute atomic E-state index is 0.0212. The van der Waals surface area contributed by atoms with Crippen LogP contribution in [0.2, 0.25) is 5.02 Å². The lowest BCUT2D eigenvalue weighted by atomic mass is 9.92. The van der Waals surface area contributed by atoms with E-state index in [2.05, 4.69) is 10.2 Å².